The SMILES string of the molecule is CCn1c(SC2CCSCC2)nnc1-c1cccs1. The highest BCUT2D eigenvalue weighted by atomic mass is 32.2. The number of aromatic nitrogens is 3. The van der Waals surface area contributed by atoms with Crippen LogP contribution in [0, 0.1) is 0 Å². The Balaban J connectivity index is 1.81. The van der Waals surface area contributed by atoms with Crippen LogP contribution in [0.5, 0.6) is 0 Å². The van der Waals surface area contributed by atoms with Gasteiger partial charge in [-0.25, -0.2) is 0 Å². The Morgan fingerprint density at radius 2 is 2.21 bits per heavy atom. The summed E-state index contributed by atoms with van der Waals surface area (Å²) in [6, 6.07) is 4.19. The molecule has 1 aliphatic rings. The van der Waals surface area contributed by atoms with Crippen LogP contribution in [0.4, 0.5) is 0 Å². The van der Waals surface area contributed by atoms with E-state index in [4.69, 9.17) is 0 Å². The molecule has 1 aliphatic heterocycles. The summed E-state index contributed by atoms with van der Waals surface area (Å²) in [5, 5.41) is 12.7. The first-order valence-corrected chi connectivity index (χ1v) is 9.51. The molecule has 3 rings (SSSR count). The Morgan fingerprint density at radius 3 is 2.89 bits per heavy atom. The molecule has 0 bridgehead atoms. The van der Waals surface area contributed by atoms with Gasteiger partial charge in [-0.15, -0.1) is 21.5 Å². The molecule has 0 atom stereocenters. The van der Waals surface area contributed by atoms with Crippen molar-refractivity contribution < 1.29 is 0 Å². The van der Waals surface area contributed by atoms with Gasteiger partial charge in [-0.2, -0.15) is 11.8 Å². The first-order valence-electron chi connectivity index (χ1n) is 6.60. The maximum absolute atomic E-state index is 4.41. The molecule has 2 aromatic heterocycles. The third-order valence-corrected chi connectivity index (χ3v) is 6.45. The second kappa shape index (κ2) is 6.33. The van der Waals surface area contributed by atoms with E-state index in [1.807, 2.05) is 11.8 Å². The average Bonchev–Trinajstić information content (AvgIpc) is 3.08. The van der Waals surface area contributed by atoms with Gasteiger partial charge < -0.3 is 4.57 Å². The van der Waals surface area contributed by atoms with Gasteiger partial charge in [0, 0.05) is 11.8 Å². The first-order chi connectivity index (χ1) is 9.38. The second-order valence-corrected chi connectivity index (χ2v) is 7.90. The normalized spacial score (nSPS) is 16.9. The highest BCUT2D eigenvalue weighted by molar-refractivity contribution is 8.01. The monoisotopic (exact) mass is 311 g/mol. The van der Waals surface area contributed by atoms with E-state index in [0.717, 1.165) is 17.5 Å². The predicted octanol–water partition coefficient (Wildman–Crippen LogP) is 4.01. The lowest BCUT2D eigenvalue weighted by Crippen LogP contribution is -2.12. The molecule has 0 N–H and O–H groups in total. The molecular formula is C13H17N3S3. The number of thioether (sulfide) groups is 2. The van der Waals surface area contributed by atoms with Crippen LogP contribution < -0.4 is 0 Å². The lowest BCUT2D eigenvalue weighted by molar-refractivity contribution is 0.680. The van der Waals surface area contributed by atoms with E-state index < -0.39 is 0 Å². The molecular weight excluding hydrogens is 294 g/mol. The summed E-state index contributed by atoms with van der Waals surface area (Å²) in [6.45, 7) is 3.10. The summed E-state index contributed by atoms with van der Waals surface area (Å²) >= 11 is 5.71. The van der Waals surface area contributed by atoms with Crippen LogP contribution in [-0.2, 0) is 6.54 Å². The second-order valence-electron chi connectivity index (χ2n) is 4.46. The molecule has 1 fully saturated rings. The molecule has 1 saturated heterocycles. The van der Waals surface area contributed by atoms with Gasteiger partial charge in [-0.1, -0.05) is 17.8 Å². The highest BCUT2D eigenvalue weighted by Gasteiger charge is 2.20. The number of hydrogen-bond acceptors (Lipinski definition) is 5. The molecule has 0 saturated carbocycles. The van der Waals surface area contributed by atoms with Crippen LogP contribution in [-0.4, -0.2) is 31.5 Å². The molecule has 2 aromatic rings. The van der Waals surface area contributed by atoms with E-state index in [1.165, 1.54) is 29.2 Å². The minimum Gasteiger partial charge on any atom is -0.302 e. The quantitative estimate of drug-likeness (QED) is 0.853. The maximum Gasteiger partial charge on any atom is 0.191 e. The molecule has 102 valence electrons. The van der Waals surface area contributed by atoms with Gasteiger partial charge in [0.25, 0.3) is 0 Å². The predicted molar refractivity (Wildman–Crippen MR) is 85.2 cm³/mol. The van der Waals surface area contributed by atoms with Crippen molar-refractivity contribution in [3.63, 3.8) is 0 Å². The molecule has 0 aliphatic carbocycles. The summed E-state index contributed by atoms with van der Waals surface area (Å²) in [5.74, 6) is 3.59. The van der Waals surface area contributed by atoms with Crippen molar-refractivity contribution in [1.29, 1.82) is 0 Å². The summed E-state index contributed by atoms with van der Waals surface area (Å²) in [5.41, 5.74) is 0. The molecule has 19 heavy (non-hydrogen) atoms. The minimum absolute atomic E-state index is 0.715. The summed E-state index contributed by atoms with van der Waals surface area (Å²) in [7, 11) is 0. The zero-order chi connectivity index (χ0) is 13.1. The fourth-order valence-electron chi connectivity index (χ4n) is 2.19. The molecule has 3 heterocycles. The molecule has 0 unspecified atom stereocenters. The van der Waals surface area contributed by atoms with Gasteiger partial charge in [0.1, 0.15) is 0 Å². The van der Waals surface area contributed by atoms with Gasteiger partial charge in [-0.05, 0) is 42.7 Å². The zero-order valence-corrected chi connectivity index (χ0v) is 13.4. The van der Waals surface area contributed by atoms with Gasteiger partial charge in [0.2, 0.25) is 0 Å². The third-order valence-electron chi connectivity index (χ3n) is 3.22. The first kappa shape index (κ1) is 13.5. The van der Waals surface area contributed by atoms with Gasteiger partial charge in [0.15, 0.2) is 11.0 Å². The van der Waals surface area contributed by atoms with Crippen LogP contribution in [0.15, 0.2) is 22.7 Å². The molecule has 0 amide bonds. The van der Waals surface area contributed by atoms with E-state index in [-0.39, 0.29) is 0 Å². The maximum atomic E-state index is 4.41. The van der Waals surface area contributed by atoms with Crippen molar-refractivity contribution in [2.45, 2.75) is 36.7 Å². The van der Waals surface area contributed by atoms with Crippen LogP contribution >= 0.6 is 34.9 Å². The van der Waals surface area contributed by atoms with Gasteiger partial charge >= 0.3 is 0 Å². The Kier molecular flexibility index (Phi) is 4.50. The standard InChI is InChI=1S/C13H17N3S3/c1-2-16-12(11-4-3-7-18-11)14-15-13(16)19-10-5-8-17-9-6-10/h3-4,7,10H,2,5-6,8-9H2,1H3. The fraction of sp³-hybridized carbons (Fsp3) is 0.538. The lowest BCUT2D eigenvalue weighted by atomic mass is 10.2. The largest absolute Gasteiger partial charge is 0.302 e. The highest BCUT2D eigenvalue weighted by Crippen LogP contribution is 2.34. The smallest absolute Gasteiger partial charge is 0.191 e. The Morgan fingerprint density at radius 1 is 1.37 bits per heavy atom. The zero-order valence-electron chi connectivity index (χ0n) is 10.9. The molecule has 0 radical (unpaired) electrons. The van der Waals surface area contributed by atoms with Gasteiger partial charge in [-0.3, -0.25) is 0 Å². The summed E-state index contributed by atoms with van der Waals surface area (Å²) in [6.07, 6.45) is 2.58. The Hall–Kier alpha value is -0.460. The molecule has 3 nitrogen and oxygen atoms in total. The summed E-state index contributed by atoms with van der Waals surface area (Å²) in [4.78, 5) is 1.21. The lowest BCUT2D eigenvalue weighted by Gasteiger charge is -2.20. The van der Waals surface area contributed by atoms with Crippen molar-refractivity contribution in [2.75, 3.05) is 11.5 Å². The number of rotatable bonds is 4. The van der Waals surface area contributed by atoms with Crippen molar-refractivity contribution >= 4 is 34.9 Å². The Labute approximate surface area is 126 Å². The van der Waals surface area contributed by atoms with Crippen molar-refractivity contribution in [3.8, 4) is 10.7 Å². The Bertz CT molecular complexity index is 515. The van der Waals surface area contributed by atoms with E-state index in [9.17, 15) is 0 Å². The minimum atomic E-state index is 0.715. The molecule has 0 spiro atoms. The molecule has 0 aromatic carbocycles. The third kappa shape index (κ3) is 3.01. The van der Waals surface area contributed by atoms with Crippen LogP contribution in [0.3, 0.4) is 0 Å². The fourth-order valence-corrected chi connectivity index (χ4v) is 5.51. The molecule has 6 heteroatoms. The van der Waals surface area contributed by atoms with E-state index in [1.54, 1.807) is 11.3 Å². The number of nitrogens with zero attached hydrogens (tertiary/aromatic N) is 3. The van der Waals surface area contributed by atoms with E-state index in [2.05, 4.69) is 51.0 Å². The van der Waals surface area contributed by atoms with E-state index in [0.29, 0.717) is 5.25 Å². The van der Waals surface area contributed by atoms with E-state index >= 15 is 0 Å². The number of hydrogen-bond donors (Lipinski definition) is 0. The summed E-state index contributed by atoms with van der Waals surface area (Å²) < 4.78 is 2.25. The van der Waals surface area contributed by atoms with Crippen molar-refractivity contribution in [2.24, 2.45) is 0 Å². The average molecular weight is 312 g/mol. The van der Waals surface area contributed by atoms with Crippen LogP contribution in [0.1, 0.15) is 19.8 Å². The van der Waals surface area contributed by atoms with Crippen molar-refractivity contribution in [3.05, 3.63) is 17.5 Å². The topological polar surface area (TPSA) is 30.7 Å². The van der Waals surface area contributed by atoms with Crippen LogP contribution in [0.25, 0.3) is 10.7 Å². The number of thiophene rings is 1. The van der Waals surface area contributed by atoms with Crippen molar-refractivity contribution in [1.82, 2.24) is 14.8 Å². The van der Waals surface area contributed by atoms with Crippen LogP contribution in [0.2, 0.25) is 0 Å². The van der Waals surface area contributed by atoms with Gasteiger partial charge in [0.05, 0.1) is 4.88 Å².